The zero-order chi connectivity index (χ0) is 27.2. The molecule has 0 saturated heterocycles. The van der Waals surface area contributed by atoms with Gasteiger partial charge in [-0.15, -0.1) is 0 Å². The number of ether oxygens (including phenoxy) is 3. The van der Waals surface area contributed by atoms with Gasteiger partial charge in [-0.3, -0.25) is 15.0 Å². The number of nitrogens with zero attached hydrogens (tertiary/aromatic N) is 1. The Morgan fingerprint density at radius 2 is 1.79 bits per heavy atom. The van der Waals surface area contributed by atoms with E-state index in [4.69, 9.17) is 24.3 Å². The molecule has 1 atom stereocenters. The van der Waals surface area contributed by atoms with E-state index in [0.717, 1.165) is 12.8 Å². The van der Waals surface area contributed by atoms with Gasteiger partial charge in [-0.05, 0) is 75.4 Å². The molecule has 0 bridgehead atoms. The molecule has 1 amide bonds. The lowest BCUT2D eigenvalue weighted by atomic mass is 9.94. The van der Waals surface area contributed by atoms with E-state index < -0.39 is 17.1 Å². The Balaban J connectivity index is 1.45. The lowest BCUT2D eigenvalue weighted by molar-refractivity contribution is -0.155. The number of carbonyl (C=O) groups is 2. The van der Waals surface area contributed by atoms with Crippen molar-refractivity contribution in [2.75, 3.05) is 19.8 Å². The molecule has 1 heterocycles. The van der Waals surface area contributed by atoms with E-state index in [9.17, 15) is 9.59 Å². The van der Waals surface area contributed by atoms with Gasteiger partial charge in [-0.1, -0.05) is 24.3 Å². The first-order valence-corrected chi connectivity index (χ1v) is 13.1. The molecule has 38 heavy (non-hydrogen) atoms. The number of esters is 1. The van der Waals surface area contributed by atoms with Gasteiger partial charge in [0.2, 0.25) is 5.90 Å². The number of hydrazine groups is 1. The Morgan fingerprint density at radius 1 is 1.11 bits per heavy atom. The molecule has 9 heteroatoms. The first kappa shape index (κ1) is 27.6. The van der Waals surface area contributed by atoms with Crippen LogP contribution < -0.4 is 15.6 Å². The zero-order valence-electron chi connectivity index (χ0n) is 22.3. The third kappa shape index (κ3) is 7.11. The van der Waals surface area contributed by atoms with Crippen LogP contribution in [0, 0.1) is 0 Å². The van der Waals surface area contributed by atoms with Gasteiger partial charge in [0.05, 0.1) is 6.61 Å². The van der Waals surface area contributed by atoms with E-state index >= 15 is 0 Å². The van der Waals surface area contributed by atoms with Crippen LogP contribution >= 0.6 is 0 Å². The molecule has 1 aliphatic heterocycles. The Labute approximate surface area is 223 Å². The van der Waals surface area contributed by atoms with E-state index in [1.165, 1.54) is 11.1 Å². The molecule has 9 nitrogen and oxygen atoms in total. The summed E-state index contributed by atoms with van der Waals surface area (Å²) in [5.74, 6) is 0.254. The molecule has 0 aromatic heterocycles. The number of nitrogens with one attached hydrogen (secondary N) is 2. The van der Waals surface area contributed by atoms with Crippen molar-refractivity contribution >= 4 is 17.8 Å². The second-order valence-electron chi connectivity index (χ2n) is 10.7. The maximum absolute atomic E-state index is 13.5. The van der Waals surface area contributed by atoms with Gasteiger partial charge in [0.1, 0.15) is 18.0 Å². The first-order valence-electron chi connectivity index (χ1n) is 13.1. The number of fused-ring (bicyclic) bond motifs is 1. The summed E-state index contributed by atoms with van der Waals surface area (Å²) in [5, 5.41) is 8.92. The highest BCUT2D eigenvalue weighted by atomic mass is 16.6. The van der Waals surface area contributed by atoms with Gasteiger partial charge in [-0.25, -0.2) is 10.4 Å². The van der Waals surface area contributed by atoms with Gasteiger partial charge in [0, 0.05) is 31.1 Å². The van der Waals surface area contributed by atoms with Crippen LogP contribution in [0.3, 0.4) is 0 Å². The number of aliphatic imine (C=N–C) groups is 1. The summed E-state index contributed by atoms with van der Waals surface area (Å²) in [4.78, 5) is 30.7. The summed E-state index contributed by atoms with van der Waals surface area (Å²) < 4.78 is 17.0. The SMILES string of the molecule is CC(C)(C)OC(=O)CC[C@@]1(C(=O)NNC2Cc3ccccc3C2)COC(c2ccc(OCCCO)cc2)=N1. The number of hydrogen-bond acceptors (Lipinski definition) is 8. The van der Waals surface area contributed by atoms with Crippen LogP contribution in [-0.2, 0) is 31.9 Å². The second kappa shape index (κ2) is 12.0. The smallest absolute Gasteiger partial charge is 0.306 e. The number of carbonyl (C=O) groups excluding carboxylic acids is 2. The summed E-state index contributed by atoms with van der Waals surface area (Å²) in [5.41, 5.74) is 7.37. The summed E-state index contributed by atoms with van der Waals surface area (Å²) in [6.07, 6.45) is 2.36. The molecule has 0 fully saturated rings. The molecular weight excluding hydrogens is 486 g/mol. The van der Waals surface area contributed by atoms with Crippen molar-refractivity contribution in [3.63, 3.8) is 0 Å². The average Bonchev–Trinajstić information content (AvgIpc) is 3.51. The number of rotatable bonds is 11. The molecule has 0 radical (unpaired) electrons. The normalized spacial score (nSPS) is 18.9. The number of benzene rings is 2. The Bertz CT molecular complexity index is 1130. The molecule has 0 saturated carbocycles. The monoisotopic (exact) mass is 523 g/mol. The summed E-state index contributed by atoms with van der Waals surface area (Å²) in [7, 11) is 0. The fraction of sp³-hybridized carbons (Fsp3) is 0.483. The predicted molar refractivity (Wildman–Crippen MR) is 143 cm³/mol. The van der Waals surface area contributed by atoms with Crippen LogP contribution in [0.25, 0.3) is 0 Å². The van der Waals surface area contributed by atoms with E-state index in [1.54, 1.807) is 12.1 Å². The Kier molecular flexibility index (Phi) is 8.69. The Hall–Kier alpha value is -3.43. The minimum atomic E-state index is -1.28. The van der Waals surface area contributed by atoms with Crippen molar-refractivity contribution in [2.45, 2.75) is 70.1 Å². The van der Waals surface area contributed by atoms with Crippen LogP contribution in [0.5, 0.6) is 5.75 Å². The van der Waals surface area contributed by atoms with E-state index in [1.807, 2.05) is 45.0 Å². The van der Waals surface area contributed by atoms with Gasteiger partial charge in [0.15, 0.2) is 5.54 Å². The predicted octanol–water partition coefficient (Wildman–Crippen LogP) is 2.87. The van der Waals surface area contributed by atoms with Gasteiger partial charge < -0.3 is 19.3 Å². The van der Waals surface area contributed by atoms with Gasteiger partial charge >= 0.3 is 5.97 Å². The lowest BCUT2D eigenvalue weighted by Crippen LogP contribution is -2.54. The van der Waals surface area contributed by atoms with Crippen LogP contribution in [-0.4, -0.2) is 59.9 Å². The fourth-order valence-electron chi connectivity index (χ4n) is 4.55. The third-order valence-electron chi connectivity index (χ3n) is 6.46. The number of aliphatic hydroxyl groups is 1. The first-order chi connectivity index (χ1) is 18.2. The van der Waals surface area contributed by atoms with Crippen LogP contribution in [0.2, 0.25) is 0 Å². The van der Waals surface area contributed by atoms with E-state index in [2.05, 4.69) is 23.0 Å². The average molecular weight is 524 g/mol. The minimum Gasteiger partial charge on any atom is -0.494 e. The van der Waals surface area contributed by atoms with Crippen molar-refractivity contribution < 1.29 is 28.9 Å². The van der Waals surface area contributed by atoms with Crippen LogP contribution in [0.15, 0.2) is 53.5 Å². The number of aliphatic hydroxyl groups excluding tert-OH is 1. The van der Waals surface area contributed by atoms with E-state index in [-0.39, 0.29) is 38.0 Å². The quantitative estimate of drug-likeness (QED) is 0.235. The number of hydrogen-bond donors (Lipinski definition) is 3. The molecule has 1 aliphatic carbocycles. The zero-order valence-corrected chi connectivity index (χ0v) is 22.3. The Morgan fingerprint density at radius 3 is 2.42 bits per heavy atom. The van der Waals surface area contributed by atoms with Gasteiger partial charge in [-0.2, -0.15) is 0 Å². The molecule has 2 aromatic rings. The van der Waals surface area contributed by atoms with Crippen molar-refractivity contribution in [3.8, 4) is 5.75 Å². The highest BCUT2D eigenvalue weighted by Gasteiger charge is 2.45. The third-order valence-corrected chi connectivity index (χ3v) is 6.46. The summed E-state index contributed by atoms with van der Waals surface area (Å²) in [6.45, 7) is 5.92. The molecular formula is C29H37N3O6. The molecule has 2 aliphatic rings. The topological polar surface area (TPSA) is 118 Å². The number of amides is 1. The molecule has 0 unspecified atom stereocenters. The largest absolute Gasteiger partial charge is 0.494 e. The lowest BCUT2D eigenvalue weighted by Gasteiger charge is -2.25. The molecule has 2 aromatic carbocycles. The maximum atomic E-state index is 13.5. The van der Waals surface area contributed by atoms with Crippen molar-refractivity contribution in [2.24, 2.45) is 4.99 Å². The van der Waals surface area contributed by atoms with Gasteiger partial charge in [0.25, 0.3) is 5.91 Å². The van der Waals surface area contributed by atoms with Crippen LogP contribution in [0.4, 0.5) is 0 Å². The molecule has 3 N–H and O–H groups in total. The summed E-state index contributed by atoms with van der Waals surface area (Å²) in [6, 6.07) is 15.5. The van der Waals surface area contributed by atoms with E-state index in [0.29, 0.717) is 30.2 Å². The van der Waals surface area contributed by atoms with Crippen molar-refractivity contribution in [1.29, 1.82) is 0 Å². The van der Waals surface area contributed by atoms with Crippen molar-refractivity contribution in [1.82, 2.24) is 10.9 Å². The minimum absolute atomic E-state index is 0.0122. The fourth-order valence-corrected chi connectivity index (χ4v) is 4.55. The highest BCUT2D eigenvalue weighted by molar-refractivity contribution is 6.00. The molecule has 0 spiro atoms. The van der Waals surface area contributed by atoms with Crippen molar-refractivity contribution in [3.05, 3.63) is 65.2 Å². The molecule has 204 valence electrons. The molecule has 4 rings (SSSR count). The summed E-state index contributed by atoms with van der Waals surface area (Å²) >= 11 is 0. The highest BCUT2D eigenvalue weighted by Crippen LogP contribution is 2.29. The second-order valence-corrected chi connectivity index (χ2v) is 10.7. The van der Waals surface area contributed by atoms with Crippen LogP contribution in [0.1, 0.15) is 56.7 Å². The maximum Gasteiger partial charge on any atom is 0.306 e. The standard InChI is InChI=1S/C29H37N3O6/c1-28(2,3)38-25(34)13-14-29(27(35)32-31-23-17-21-7-4-5-8-22(21)18-23)19-37-26(30-29)20-9-11-24(12-10-20)36-16-6-15-33/h4-5,7-12,23,31,33H,6,13-19H2,1-3H3,(H,32,35)/t29-/m0/s1.